The summed E-state index contributed by atoms with van der Waals surface area (Å²) in [7, 11) is 0. The van der Waals surface area contributed by atoms with Gasteiger partial charge in [-0.05, 0) is 17.0 Å². The Hall–Kier alpha value is -1.75. The molecule has 1 aromatic rings. The molecule has 0 amide bonds. The van der Waals surface area contributed by atoms with Gasteiger partial charge >= 0.3 is 0 Å². The first kappa shape index (κ1) is 15.2. The number of hydrogen-bond acceptors (Lipinski definition) is 3. The molecule has 6 heteroatoms. The molecule has 5 nitrogen and oxygen atoms in total. The van der Waals surface area contributed by atoms with Gasteiger partial charge in [0.15, 0.2) is 0 Å². The lowest BCUT2D eigenvalue weighted by molar-refractivity contribution is 0.866. The fourth-order valence-electron chi connectivity index (χ4n) is 1.17. The molecule has 0 unspecified atom stereocenters. The normalized spacial score (nSPS) is 11.6. The monoisotopic (exact) mass is 255 g/mol. The fraction of sp³-hybridized carbons (Fsp3) is 0.273. The second-order valence-electron chi connectivity index (χ2n) is 3.71. The first-order valence-corrected chi connectivity index (χ1v) is 5.06. The Morgan fingerprint density at radius 1 is 1.29 bits per heavy atom. The number of hydrogen-bond donors (Lipinski definition) is 3. The summed E-state index contributed by atoms with van der Waals surface area (Å²) < 4.78 is 0. The molecule has 1 aromatic carbocycles. The molecule has 17 heavy (non-hydrogen) atoms. The summed E-state index contributed by atoms with van der Waals surface area (Å²) in [6.45, 7) is 4.31. The SMILES string of the molecule is CC(C)c1ccc(C=NNC(N)=NN)cc1.Cl. The van der Waals surface area contributed by atoms with Gasteiger partial charge in [-0.25, -0.2) is 5.43 Å². The lowest BCUT2D eigenvalue weighted by Gasteiger charge is -2.04. The zero-order valence-corrected chi connectivity index (χ0v) is 10.7. The van der Waals surface area contributed by atoms with Gasteiger partial charge in [0.2, 0.25) is 5.96 Å². The summed E-state index contributed by atoms with van der Waals surface area (Å²) in [4.78, 5) is 0. The molecule has 0 aliphatic carbocycles. The quantitative estimate of drug-likeness (QED) is 0.330. The highest BCUT2D eigenvalue weighted by Gasteiger charge is 1.97. The van der Waals surface area contributed by atoms with E-state index in [0.29, 0.717) is 5.92 Å². The predicted molar refractivity (Wildman–Crippen MR) is 74.3 cm³/mol. The maximum absolute atomic E-state index is 5.30. The standard InChI is InChI=1S/C11H17N5.ClH/c1-8(2)10-5-3-9(4-6-10)7-14-16-11(12)15-13;/h3-8H,13H2,1-2H3,(H3,12,15,16);1H. The van der Waals surface area contributed by atoms with E-state index in [2.05, 4.69) is 41.6 Å². The molecule has 0 radical (unpaired) electrons. The lowest BCUT2D eigenvalue weighted by Crippen LogP contribution is -2.28. The van der Waals surface area contributed by atoms with Crippen molar-refractivity contribution in [2.45, 2.75) is 19.8 Å². The van der Waals surface area contributed by atoms with E-state index >= 15 is 0 Å². The van der Waals surface area contributed by atoms with Gasteiger partial charge in [0.25, 0.3) is 0 Å². The molecule has 0 fully saturated rings. The van der Waals surface area contributed by atoms with E-state index in [0.717, 1.165) is 5.56 Å². The van der Waals surface area contributed by atoms with Gasteiger partial charge in [-0.1, -0.05) is 38.1 Å². The van der Waals surface area contributed by atoms with Crippen LogP contribution < -0.4 is 17.0 Å². The van der Waals surface area contributed by atoms with Crippen molar-refractivity contribution in [2.24, 2.45) is 21.8 Å². The third-order valence-electron chi connectivity index (χ3n) is 2.13. The number of halogens is 1. The molecule has 0 spiro atoms. The first-order chi connectivity index (χ1) is 7.63. The number of nitrogens with one attached hydrogen (secondary N) is 1. The highest BCUT2D eigenvalue weighted by Crippen LogP contribution is 2.13. The summed E-state index contributed by atoms with van der Waals surface area (Å²) in [6, 6.07) is 8.14. The Bertz CT molecular complexity index is 383. The van der Waals surface area contributed by atoms with Gasteiger partial charge in [-0.3, -0.25) is 0 Å². The largest absolute Gasteiger partial charge is 0.367 e. The van der Waals surface area contributed by atoms with Crippen LogP contribution in [0, 0.1) is 0 Å². The summed E-state index contributed by atoms with van der Waals surface area (Å²) in [5.74, 6) is 5.54. The van der Waals surface area contributed by atoms with Gasteiger partial charge < -0.3 is 11.6 Å². The fourth-order valence-corrected chi connectivity index (χ4v) is 1.17. The zero-order chi connectivity index (χ0) is 12.0. The van der Waals surface area contributed by atoms with E-state index in [4.69, 9.17) is 11.6 Å². The smallest absolute Gasteiger partial charge is 0.231 e. The number of rotatable bonds is 3. The van der Waals surface area contributed by atoms with E-state index in [1.54, 1.807) is 6.21 Å². The van der Waals surface area contributed by atoms with Gasteiger partial charge in [0.05, 0.1) is 6.21 Å². The van der Waals surface area contributed by atoms with Gasteiger partial charge in [-0.15, -0.1) is 17.5 Å². The molecule has 0 aromatic heterocycles. The summed E-state index contributed by atoms with van der Waals surface area (Å²) in [5.41, 5.74) is 10.1. The highest BCUT2D eigenvalue weighted by molar-refractivity contribution is 5.85. The number of guanidine groups is 1. The Kier molecular flexibility index (Phi) is 6.74. The molecular weight excluding hydrogens is 238 g/mol. The Morgan fingerprint density at radius 3 is 2.35 bits per heavy atom. The average Bonchev–Trinajstić information content (AvgIpc) is 2.29. The van der Waals surface area contributed by atoms with Crippen molar-refractivity contribution in [3.05, 3.63) is 35.4 Å². The number of benzene rings is 1. The van der Waals surface area contributed by atoms with Crippen LogP contribution in [0.25, 0.3) is 0 Å². The van der Waals surface area contributed by atoms with Crippen molar-refractivity contribution in [3.8, 4) is 0 Å². The van der Waals surface area contributed by atoms with E-state index in [1.807, 2.05) is 12.1 Å². The van der Waals surface area contributed by atoms with Crippen molar-refractivity contribution >= 4 is 24.6 Å². The van der Waals surface area contributed by atoms with Crippen molar-refractivity contribution in [3.63, 3.8) is 0 Å². The number of hydrazone groups is 2. The second kappa shape index (κ2) is 7.51. The maximum atomic E-state index is 5.30. The number of nitrogens with two attached hydrogens (primary N) is 2. The number of nitrogens with zero attached hydrogens (tertiary/aromatic N) is 2. The van der Waals surface area contributed by atoms with E-state index in [1.165, 1.54) is 5.56 Å². The van der Waals surface area contributed by atoms with Crippen LogP contribution in [-0.2, 0) is 0 Å². The molecule has 0 aliphatic heterocycles. The van der Waals surface area contributed by atoms with Gasteiger partial charge in [-0.2, -0.15) is 5.10 Å². The second-order valence-corrected chi connectivity index (χ2v) is 3.71. The summed E-state index contributed by atoms with van der Waals surface area (Å²) >= 11 is 0. The minimum atomic E-state index is 0. The molecular formula is C11H18ClN5. The maximum Gasteiger partial charge on any atom is 0.231 e. The van der Waals surface area contributed by atoms with Crippen molar-refractivity contribution in [1.82, 2.24) is 5.43 Å². The first-order valence-electron chi connectivity index (χ1n) is 5.06. The van der Waals surface area contributed by atoms with Crippen LogP contribution in [0.5, 0.6) is 0 Å². The van der Waals surface area contributed by atoms with Crippen molar-refractivity contribution in [2.75, 3.05) is 0 Å². The molecule has 0 heterocycles. The van der Waals surface area contributed by atoms with E-state index in [9.17, 15) is 0 Å². The van der Waals surface area contributed by atoms with Crippen molar-refractivity contribution < 1.29 is 0 Å². The van der Waals surface area contributed by atoms with Crippen LogP contribution in [0.15, 0.2) is 34.5 Å². The average molecular weight is 256 g/mol. The Balaban J connectivity index is 0.00000256. The van der Waals surface area contributed by atoms with Crippen LogP contribution in [0.2, 0.25) is 0 Å². The molecule has 94 valence electrons. The van der Waals surface area contributed by atoms with Crippen LogP contribution in [0.3, 0.4) is 0 Å². The molecule has 0 saturated carbocycles. The molecule has 0 saturated heterocycles. The van der Waals surface area contributed by atoms with Crippen LogP contribution >= 0.6 is 12.4 Å². The van der Waals surface area contributed by atoms with Crippen LogP contribution in [0.1, 0.15) is 30.9 Å². The molecule has 5 N–H and O–H groups in total. The van der Waals surface area contributed by atoms with Gasteiger partial charge in [0.1, 0.15) is 0 Å². The highest BCUT2D eigenvalue weighted by atomic mass is 35.5. The van der Waals surface area contributed by atoms with Crippen LogP contribution in [-0.4, -0.2) is 12.2 Å². The minimum absolute atomic E-state index is 0. The minimum Gasteiger partial charge on any atom is -0.367 e. The predicted octanol–water partition coefficient (Wildman–Crippen LogP) is 1.34. The lowest BCUT2D eigenvalue weighted by atomic mass is 10.0. The molecule has 0 bridgehead atoms. The molecule has 0 atom stereocenters. The molecule has 0 aliphatic rings. The third-order valence-corrected chi connectivity index (χ3v) is 2.13. The summed E-state index contributed by atoms with van der Waals surface area (Å²) in [5, 5.41) is 7.10. The van der Waals surface area contributed by atoms with E-state index < -0.39 is 0 Å². The Labute approximate surface area is 107 Å². The third kappa shape index (κ3) is 5.21. The molecule has 1 rings (SSSR count). The van der Waals surface area contributed by atoms with E-state index in [-0.39, 0.29) is 18.4 Å². The zero-order valence-electron chi connectivity index (χ0n) is 9.92. The Morgan fingerprint density at radius 2 is 1.88 bits per heavy atom. The summed E-state index contributed by atoms with van der Waals surface area (Å²) in [6.07, 6.45) is 1.65. The topological polar surface area (TPSA) is 88.8 Å². The van der Waals surface area contributed by atoms with Gasteiger partial charge in [0, 0.05) is 0 Å². The van der Waals surface area contributed by atoms with Crippen molar-refractivity contribution in [1.29, 1.82) is 0 Å². The van der Waals surface area contributed by atoms with Crippen LogP contribution in [0.4, 0.5) is 0 Å².